The maximum Gasteiger partial charge on any atom is 0.261 e. The molecule has 1 amide bonds. The molecule has 2 N–H and O–H groups in total. The molecule has 0 saturated carbocycles. The Morgan fingerprint density at radius 1 is 1.15 bits per heavy atom. The topological polar surface area (TPSA) is 68.8 Å². The number of hydrogen-bond donors (Lipinski definition) is 2. The predicted octanol–water partition coefficient (Wildman–Crippen LogP) is 4.00. The summed E-state index contributed by atoms with van der Waals surface area (Å²) in [5, 5.41) is 5.81. The van der Waals surface area contributed by atoms with Crippen molar-refractivity contribution < 1.29 is 19.0 Å². The van der Waals surface area contributed by atoms with Crippen molar-refractivity contribution in [2.75, 3.05) is 32.2 Å². The molecule has 2 rings (SSSR count). The summed E-state index contributed by atoms with van der Waals surface area (Å²) in [7, 11) is 1.62. The van der Waals surface area contributed by atoms with Crippen molar-refractivity contribution in [3.05, 3.63) is 52.5 Å². The normalized spacial score (nSPS) is 10.2. The summed E-state index contributed by atoms with van der Waals surface area (Å²) < 4.78 is 16.8. The minimum Gasteiger partial charge on any atom is -0.493 e. The van der Waals surface area contributed by atoms with Gasteiger partial charge in [0.15, 0.2) is 5.11 Å². The summed E-state index contributed by atoms with van der Waals surface area (Å²) in [4.78, 5) is 12.6. The average molecular weight is 453 g/mol. The lowest BCUT2D eigenvalue weighted by atomic mass is 10.2. The number of amides is 1. The first-order chi connectivity index (χ1) is 13.0. The Morgan fingerprint density at radius 2 is 1.96 bits per heavy atom. The molecule has 0 unspecified atom stereocenters. The van der Waals surface area contributed by atoms with Crippen molar-refractivity contribution >= 4 is 44.9 Å². The minimum atomic E-state index is -0.357. The third-order valence-electron chi connectivity index (χ3n) is 3.36. The molecule has 0 aliphatic carbocycles. The number of ether oxygens (including phenoxy) is 3. The van der Waals surface area contributed by atoms with Crippen molar-refractivity contribution in [3.8, 4) is 11.5 Å². The molecule has 0 radical (unpaired) electrons. The van der Waals surface area contributed by atoms with Gasteiger partial charge in [-0.1, -0.05) is 22.0 Å². The van der Waals surface area contributed by atoms with Gasteiger partial charge < -0.3 is 19.5 Å². The third-order valence-corrected chi connectivity index (χ3v) is 4.06. The first kappa shape index (κ1) is 21.1. The van der Waals surface area contributed by atoms with Crippen LogP contribution in [-0.2, 0) is 4.74 Å². The molecule has 0 fully saturated rings. The second-order valence-electron chi connectivity index (χ2n) is 5.35. The number of halogens is 1. The van der Waals surface area contributed by atoms with Crippen LogP contribution in [-0.4, -0.2) is 38.0 Å². The molecule has 0 spiro atoms. The summed E-state index contributed by atoms with van der Waals surface area (Å²) in [5.41, 5.74) is 1.10. The lowest BCUT2D eigenvalue weighted by Gasteiger charge is -2.13. The van der Waals surface area contributed by atoms with E-state index in [4.69, 9.17) is 26.4 Å². The second-order valence-corrected chi connectivity index (χ2v) is 6.67. The molecule has 0 aromatic heterocycles. The van der Waals surface area contributed by atoms with Gasteiger partial charge in [-0.05, 0) is 49.5 Å². The van der Waals surface area contributed by atoms with Crippen molar-refractivity contribution in [2.45, 2.75) is 6.92 Å². The lowest BCUT2D eigenvalue weighted by molar-refractivity contribution is 0.0974. The maximum atomic E-state index is 12.6. The summed E-state index contributed by atoms with van der Waals surface area (Å²) in [5.74, 6) is 0.816. The summed E-state index contributed by atoms with van der Waals surface area (Å²) in [6.07, 6.45) is 0. The van der Waals surface area contributed by atoms with Gasteiger partial charge in [-0.3, -0.25) is 10.1 Å². The van der Waals surface area contributed by atoms with Crippen LogP contribution in [0.4, 0.5) is 5.69 Å². The van der Waals surface area contributed by atoms with Crippen LogP contribution in [0.2, 0.25) is 0 Å². The van der Waals surface area contributed by atoms with E-state index in [0.29, 0.717) is 42.6 Å². The van der Waals surface area contributed by atoms with Crippen LogP contribution in [0.5, 0.6) is 11.5 Å². The predicted molar refractivity (Wildman–Crippen MR) is 113 cm³/mol. The van der Waals surface area contributed by atoms with Crippen LogP contribution in [0, 0.1) is 0 Å². The van der Waals surface area contributed by atoms with Crippen molar-refractivity contribution in [1.82, 2.24) is 5.32 Å². The van der Waals surface area contributed by atoms with Gasteiger partial charge in [0.25, 0.3) is 5.91 Å². The largest absolute Gasteiger partial charge is 0.493 e. The van der Waals surface area contributed by atoms with Gasteiger partial charge in [0.1, 0.15) is 18.1 Å². The molecule has 27 heavy (non-hydrogen) atoms. The third kappa shape index (κ3) is 6.82. The SMILES string of the molecule is CCOc1ccc(Br)cc1C(=O)NC(=S)Nc1cccc(OCCOC)c1. The zero-order chi connectivity index (χ0) is 19.6. The highest BCUT2D eigenvalue weighted by molar-refractivity contribution is 9.10. The van der Waals surface area contributed by atoms with Crippen LogP contribution in [0.25, 0.3) is 0 Å². The molecular weight excluding hydrogens is 432 g/mol. The van der Waals surface area contributed by atoms with E-state index in [1.54, 1.807) is 25.3 Å². The minimum absolute atomic E-state index is 0.177. The van der Waals surface area contributed by atoms with Crippen molar-refractivity contribution in [3.63, 3.8) is 0 Å². The number of rotatable bonds is 8. The van der Waals surface area contributed by atoms with E-state index in [1.807, 2.05) is 31.2 Å². The van der Waals surface area contributed by atoms with Gasteiger partial charge in [-0.25, -0.2) is 0 Å². The molecule has 144 valence electrons. The number of methoxy groups -OCH3 is 1. The molecule has 0 saturated heterocycles. The van der Waals surface area contributed by atoms with Crippen LogP contribution in [0.3, 0.4) is 0 Å². The van der Waals surface area contributed by atoms with E-state index in [9.17, 15) is 4.79 Å². The fourth-order valence-corrected chi connectivity index (χ4v) is 2.77. The Labute approximate surface area is 172 Å². The fourth-order valence-electron chi connectivity index (χ4n) is 2.20. The Balaban J connectivity index is 2.00. The van der Waals surface area contributed by atoms with Gasteiger partial charge >= 0.3 is 0 Å². The Hall–Kier alpha value is -2.16. The maximum absolute atomic E-state index is 12.6. The van der Waals surface area contributed by atoms with Gasteiger partial charge in [-0.15, -0.1) is 0 Å². The molecule has 0 atom stereocenters. The monoisotopic (exact) mass is 452 g/mol. The van der Waals surface area contributed by atoms with E-state index in [-0.39, 0.29) is 11.0 Å². The Kier molecular flexibility index (Phi) is 8.50. The fraction of sp³-hybridized carbons (Fsp3) is 0.263. The number of hydrogen-bond acceptors (Lipinski definition) is 5. The van der Waals surface area contributed by atoms with Crippen LogP contribution in [0.15, 0.2) is 46.9 Å². The molecule has 0 aliphatic rings. The molecule has 0 aliphatic heterocycles. The molecular formula is C19H21BrN2O4S. The number of thiocarbonyl (C=S) groups is 1. The van der Waals surface area contributed by atoms with E-state index >= 15 is 0 Å². The van der Waals surface area contributed by atoms with E-state index in [1.165, 1.54) is 0 Å². The number of carbonyl (C=O) groups excluding carboxylic acids is 1. The lowest BCUT2D eigenvalue weighted by Crippen LogP contribution is -2.34. The number of anilines is 1. The zero-order valence-electron chi connectivity index (χ0n) is 15.1. The standard InChI is InChI=1S/C19H21BrN2O4S/c1-3-25-17-8-7-13(20)11-16(17)18(23)22-19(27)21-14-5-4-6-15(12-14)26-10-9-24-2/h4-8,11-12H,3,9-10H2,1-2H3,(H2,21,22,23,27). The average Bonchev–Trinajstić information content (AvgIpc) is 2.63. The van der Waals surface area contributed by atoms with Gasteiger partial charge in [0, 0.05) is 23.3 Å². The first-order valence-electron chi connectivity index (χ1n) is 8.30. The molecule has 0 bridgehead atoms. The highest BCUT2D eigenvalue weighted by Gasteiger charge is 2.14. The highest BCUT2D eigenvalue weighted by Crippen LogP contribution is 2.23. The van der Waals surface area contributed by atoms with Crippen LogP contribution >= 0.6 is 28.1 Å². The quantitative estimate of drug-likeness (QED) is 0.465. The van der Waals surface area contributed by atoms with Gasteiger partial charge in [-0.2, -0.15) is 0 Å². The van der Waals surface area contributed by atoms with Crippen molar-refractivity contribution in [2.24, 2.45) is 0 Å². The van der Waals surface area contributed by atoms with E-state index in [2.05, 4.69) is 26.6 Å². The zero-order valence-corrected chi connectivity index (χ0v) is 17.5. The van der Waals surface area contributed by atoms with Crippen LogP contribution in [0.1, 0.15) is 17.3 Å². The highest BCUT2D eigenvalue weighted by atomic mass is 79.9. The molecule has 6 nitrogen and oxygen atoms in total. The number of benzene rings is 2. The van der Waals surface area contributed by atoms with Gasteiger partial charge in [0.05, 0.1) is 18.8 Å². The second kappa shape index (κ2) is 10.9. The Morgan fingerprint density at radius 3 is 2.70 bits per heavy atom. The number of nitrogens with one attached hydrogen (secondary N) is 2. The van der Waals surface area contributed by atoms with Crippen LogP contribution < -0.4 is 20.1 Å². The summed E-state index contributed by atoms with van der Waals surface area (Å²) >= 11 is 8.61. The van der Waals surface area contributed by atoms with Crippen molar-refractivity contribution in [1.29, 1.82) is 0 Å². The van der Waals surface area contributed by atoms with E-state index < -0.39 is 0 Å². The Bertz CT molecular complexity index is 801. The molecule has 2 aromatic carbocycles. The summed E-state index contributed by atoms with van der Waals surface area (Å²) in [6.45, 7) is 3.27. The van der Waals surface area contributed by atoms with Gasteiger partial charge in [0.2, 0.25) is 0 Å². The van der Waals surface area contributed by atoms with E-state index in [0.717, 1.165) is 4.47 Å². The molecule has 8 heteroatoms. The smallest absolute Gasteiger partial charge is 0.261 e. The summed E-state index contributed by atoms with van der Waals surface area (Å²) in [6, 6.07) is 12.5. The molecule has 2 aromatic rings. The first-order valence-corrected chi connectivity index (χ1v) is 9.50. The molecule has 0 heterocycles. The number of carbonyl (C=O) groups is 1.